The van der Waals surface area contributed by atoms with E-state index in [0.717, 1.165) is 55.9 Å². The third-order valence-electron chi connectivity index (χ3n) is 12.7. The first-order valence-corrected chi connectivity index (χ1v) is 22.7. The number of hydrogen-bond acceptors (Lipinski definition) is 11. The number of nitrogens with zero attached hydrogens (tertiary/aromatic N) is 2. The standard InChI is InChI=1S/C51H61FN2O10/c1-3-5-27-60-50(58)54(33-35-18-20-38(52)21-19-35)46-32-44(53-64-47-17-8-11-28-59-47)42-30-37(14-6-9-24-55)41(16-7-10-25-56)48-43-31-40(62-39-15-12-13-36(29-39)34-57)22-23-45(43)63-51(46,49(42)48)61-26-4-2/h3-4,12-13,15,18-23,29-31,34,37,41,46-49,55-56H,1-2,5-11,14,16-17,24-28,32-33H2. The highest BCUT2D eigenvalue weighted by molar-refractivity contribution is 6.03. The van der Waals surface area contributed by atoms with E-state index in [1.807, 2.05) is 18.2 Å². The Morgan fingerprint density at radius 2 is 1.77 bits per heavy atom. The number of fused-ring (bicyclic) bond motifs is 2. The van der Waals surface area contributed by atoms with Crippen LogP contribution in [0.3, 0.4) is 0 Å². The van der Waals surface area contributed by atoms with Crippen LogP contribution in [0.2, 0.25) is 0 Å². The number of aliphatic hydroxyl groups is 2. The third kappa shape index (κ3) is 10.8. The average Bonchev–Trinajstić information content (AvgIpc) is 3.31. The van der Waals surface area contributed by atoms with Crippen molar-refractivity contribution in [2.24, 2.45) is 22.9 Å². The van der Waals surface area contributed by atoms with Gasteiger partial charge in [0, 0.05) is 49.6 Å². The van der Waals surface area contributed by atoms with Gasteiger partial charge in [-0.3, -0.25) is 9.69 Å². The minimum Gasteiger partial charge on any atom is -0.459 e. The Bertz CT molecular complexity index is 2120. The molecule has 7 atom stereocenters. The van der Waals surface area contributed by atoms with Gasteiger partial charge >= 0.3 is 6.09 Å². The lowest BCUT2D eigenvalue weighted by molar-refractivity contribution is -0.256. The maximum atomic E-state index is 14.7. The summed E-state index contributed by atoms with van der Waals surface area (Å²) in [4.78, 5) is 34.2. The molecule has 2 fully saturated rings. The molecule has 0 radical (unpaired) electrons. The molecule has 0 aromatic heterocycles. The first-order valence-electron chi connectivity index (χ1n) is 22.7. The molecule has 2 aliphatic carbocycles. The van der Waals surface area contributed by atoms with E-state index in [1.165, 1.54) is 12.1 Å². The Labute approximate surface area is 375 Å². The molecule has 1 amide bonds. The zero-order chi connectivity index (χ0) is 44.9. The molecule has 7 rings (SSSR count). The summed E-state index contributed by atoms with van der Waals surface area (Å²) in [6.07, 6.45) is 12.6. The van der Waals surface area contributed by atoms with Gasteiger partial charge < -0.3 is 38.7 Å². The summed E-state index contributed by atoms with van der Waals surface area (Å²) in [5, 5.41) is 24.9. The van der Waals surface area contributed by atoms with Gasteiger partial charge in [-0.05, 0) is 110 Å². The van der Waals surface area contributed by atoms with Crippen molar-refractivity contribution in [2.75, 3.05) is 33.0 Å². The second-order valence-electron chi connectivity index (χ2n) is 16.9. The molecule has 2 heterocycles. The van der Waals surface area contributed by atoms with E-state index in [2.05, 4.69) is 19.2 Å². The van der Waals surface area contributed by atoms with Gasteiger partial charge in [-0.1, -0.05) is 60.5 Å². The van der Waals surface area contributed by atoms with E-state index < -0.39 is 35.9 Å². The monoisotopic (exact) mass is 880 g/mol. The highest BCUT2D eigenvalue weighted by atomic mass is 19.1. The fourth-order valence-corrected chi connectivity index (χ4v) is 9.82. The number of carbonyl (C=O) groups excluding carboxylic acids is 2. The quantitative estimate of drug-likeness (QED) is 0.0433. The van der Waals surface area contributed by atoms with Crippen LogP contribution >= 0.6 is 0 Å². The van der Waals surface area contributed by atoms with E-state index in [9.17, 15) is 24.2 Å². The van der Waals surface area contributed by atoms with E-state index in [-0.39, 0.29) is 57.1 Å². The van der Waals surface area contributed by atoms with Gasteiger partial charge in [0.1, 0.15) is 35.4 Å². The van der Waals surface area contributed by atoms with Crippen molar-refractivity contribution in [3.8, 4) is 17.2 Å². The summed E-state index contributed by atoms with van der Waals surface area (Å²) in [5.74, 6) is -1.32. The first-order chi connectivity index (χ1) is 31.3. The molecule has 0 spiro atoms. The number of aldehydes is 1. The molecule has 64 heavy (non-hydrogen) atoms. The van der Waals surface area contributed by atoms with Crippen LogP contribution in [0, 0.1) is 23.6 Å². The minimum atomic E-state index is -1.55. The van der Waals surface area contributed by atoms with Crippen LogP contribution in [-0.4, -0.2) is 84.4 Å². The van der Waals surface area contributed by atoms with Crippen molar-refractivity contribution in [2.45, 2.75) is 101 Å². The number of oxime groups is 1. The van der Waals surface area contributed by atoms with E-state index in [0.29, 0.717) is 66.4 Å². The van der Waals surface area contributed by atoms with Crippen LogP contribution in [0.1, 0.15) is 98.0 Å². The van der Waals surface area contributed by atoms with Crippen molar-refractivity contribution in [3.63, 3.8) is 0 Å². The fraction of sp³-hybridized carbons (Fsp3) is 0.471. The van der Waals surface area contributed by atoms with Gasteiger partial charge in [0.2, 0.25) is 12.1 Å². The minimum absolute atomic E-state index is 0.00487. The van der Waals surface area contributed by atoms with Gasteiger partial charge in [0.05, 0.1) is 31.5 Å². The maximum Gasteiger partial charge on any atom is 0.410 e. The van der Waals surface area contributed by atoms with Crippen molar-refractivity contribution in [1.82, 2.24) is 4.90 Å². The number of hydrogen-bond donors (Lipinski definition) is 2. The van der Waals surface area contributed by atoms with Crippen molar-refractivity contribution in [1.29, 1.82) is 0 Å². The van der Waals surface area contributed by atoms with Crippen LogP contribution < -0.4 is 9.47 Å². The molecule has 1 saturated carbocycles. The number of unbranched alkanes of at least 4 members (excludes halogenated alkanes) is 2. The lowest BCUT2D eigenvalue weighted by Gasteiger charge is -2.60. The van der Waals surface area contributed by atoms with Crippen LogP contribution in [0.5, 0.6) is 17.2 Å². The number of ether oxygens (including phenoxy) is 5. The Morgan fingerprint density at radius 3 is 2.50 bits per heavy atom. The molecule has 13 heteroatoms. The summed E-state index contributed by atoms with van der Waals surface area (Å²) in [7, 11) is 0. The molecule has 342 valence electrons. The molecule has 7 unspecified atom stereocenters. The smallest absolute Gasteiger partial charge is 0.410 e. The van der Waals surface area contributed by atoms with Gasteiger partial charge in [-0.15, -0.1) is 13.2 Å². The van der Waals surface area contributed by atoms with Gasteiger partial charge in [-0.2, -0.15) is 0 Å². The van der Waals surface area contributed by atoms with Crippen molar-refractivity contribution in [3.05, 3.63) is 126 Å². The molecule has 3 aromatic carbocycles. The molecule has 0 bridgehead atoms. The number of carbonyl (C=O) groups is 2. The van der Waals surface area contributed by atoms with Crippen LogP contribution in [0.15, 0.2) is 109 Å². The van der Waals surface area contributed by atoms with Crippen molar-refractivity contribution >= 4 is 18.1 Å². The summed E-state index contributed by atoms with van der Waals surface area (Å²) in [6.45, 7) is 8.68. The SMILES string of the molecule is C=CCCOC(=O)N(Cc1ccc(F)cc1)C1CC(=NOC2CCCCO2)C2=CC(CCCCO)C(CCCCO)C3c4cc(Oc5cccc(C=O)c5)ccc4OC1(OCC=C)C23. The second kappa shape index (κ2) is 22.5. The highest BCUT2D eigenvalue weighted by Crippen LogP contribution is 2.62. The number of halogens is 1. The van der Waals surface area contributed by atoms with Crippen LogP contribution in [-0.2, 0) is 25.6 Å². The number of amides is 1. The number of rotatable bonds is 22. The molecule has 3 aromatic rings. The number of aliphatic hydroxyl groups excluding tert-OH is 2. The Balaban J connectivity index is 1.45. The first kappa shape index (κ1) is 46.6. The van der Waals surface area contributed by atoms with Gasteiger partial charge in [-0.25, -0.2) is 9.18 Å². The predicted octanol–water partition coefficient (Wildman–Crippen LogP) is 9.81. The molecular formula is C51H61FN2O10. The zero-order valence-corrected chi connectivity index (χ0v) is 36.5. The second-order valence-corrected chi connectivity index (χ2v) is 16.9. The van der Waals surface area contributed by atoms with Gasteiger partial charge in [0.15, 0.2) is 0 Å². The Kier molecular flexibility index (Phi) is 16.4. The van der Waals surface area contributed by atoms with Crippen molar-refractivity contribution < 1.29 is 52.7 Å². The van der Waals surface area contributed by atoms with E-state index >= 15 is 0 Å². The number of benzene rings is 3. The maximum absolute atomic E-state index is 14.7. The highest BCUT2D eigenvalue weighted by Gasteiger charge is 2.65. The third-order valence-corrected chi connectivity index (χ3v) is 12.7. The summed E-state index contributed by atoms with van der Waals surface area (Å²) in [6, 6.07) is 17.8. The van der Waals surface area contributed by atoms with Crippen LogP contribution in [0.4, 0.5) is 9.18 Å². The molecule has 1 saturated heterocycles. The zero-order valence-electron chi connectivity index (χ0n) is 36.5. The molecular weight excluding hydrogens is 820 g/mol. The molecule has 2 aliphatic heterocycles. The topological polar surface area (TPSA) is 146 Å². The Morgan fingerprint density at radius 1 is 0.969 bits per heavy atom. The van der Waals surface area contributed by atoms with E-state index in [4.69, 9.17) is 33.7 Å². The lowest BCUT2D eigenvalue weighted by Crippen LogP contribution is -2.70. The average molecular weight is 881 g/mol. The molecule has 12 nitrogen and oxygen atoms in total. The van der Waals surface area contributed by atoms with E-state index in [1.54, 1.807) is 53.5 Å². The Hall–Kier alpha value is -5.34. The number of allylic oxidation sites excluding steroid dienone is 1. The normalized spacial score (nSPS) is 25.2. The fourth-order valence-electron chi connectivity index (χ4n) is 9.82. The van der Waals surface area contributed by atoms with Gasteiger partial charge in [0.25, 0.3) is 0 Å². The summed E-state index contributed by atoms with van der Waals surface area (Å²) in [5.41, 5.74) is 3.49. The summed E-state index contributed by atoms with van der Waals surface area (Å²) < 4.78 is 47.1. The van der Waals surface area contributed by atoms with Crippen LogP contribution in [0.25, 0.3) is 0 Å². The molecule has 2 N–H and O–H groups in total. The lowest BCUT2D eigenvalue weighted by atomic mass is 9.55. The predicted molar refractivity (Wildman–Crippen MR) is 240 cm³/mol. The largest absolute Gasteiger partial charge is 0.459 e. The summed E-state index contributed by atoms with van der Waals surface area (Å²) >= 11 is 0. The molecule has 4 aliphatic rings.